The fourth-order valence-electron chi connectivity index (χ4n) is 2.34. The summed E-state index contributed by atoms with van der Waals surface area (Å²) < 4.78 is 0.344. The molecule has 0 amide bonds. The van der Waals surface area contributed by atoms with Crippen molar-refractivity contribution in [2.75, 3.05) is 18.1 Å². The molecule has 0 spiro atoms. The first kappa shape index (κ1) is 13.2. The molecule has 1 saturated carbocycles. The SMILES string of the molecule is CSC1(CNc2ccc([N+](=O)[O-])c3ccncc23)CC1. The first-order chi connectivity index (χ1) is 9.65. The van der Waals surface area contributed by atoms with Gasteiger partial charge in [0.15, 0.2) is 0 Å². The number of benzene rings is 1. The highest BCUT2D eigenvalue weighted by atomic mass is 32.2. The Hall–Kier alpha value is -1.82. The van der Waals surface area contributed by atoms with Crippen molar-refractivity contribution in [2.45, 2.75) is 17.6 Å². The summed E-state index contributed by atoms with van der Waals surface area (Å²) in [7, 11) is 0. The van der Waals surface area contributed by atoms with E-state index >= 15 is 0 Å². The van der Waals surface area contributed by atoms with E-state index in [-0.39, 0.29) is 10.6 Å². The van der Waals surface area contributed by atoms with Crippen LogP contribution in [0.2, 0.25) is 0 Å². The maximum Gasteiger partial charge on any atom is 0.277 e. The Morgan fingerprint density at radius 2 is 2.20 bits per heavy atom. The standard InChI is InChI=1S/C14H15N3O2S/c1-20-14(5-6-14)9-16-12-2-3-13(17(18)19)10-4-7-15-8-11(10)12/h2-4,7-8,16H,5-6,9H2,1H3. The predicted molar refractivity (Wildman–Crippen MR) is 82.4 cm³/mol. The van der Waals surface area contributed by atoms with Gasteiger partial charge in [-0.2, -0.15) is 11.8 Å². The van der Waals surface area contributed by atoms with Gasteiger partial charge < -0.3 is 5.32 Å². The number of rotatable bonds is 5. The lowest BCUT2D eigenvalue weighted by Gasteiger charge is -2.15. The van der Waals surface area contributed by atoms with Gasteiger partial charge in [0, 0.05) is 40.8 Å². The number of nitrogens with one attached hydrogen (secondary N) is 1. The highest BCUT2D eigenvalue weighted by molar-refractivity contribution is 8.00. The third kappa shape index (κ3) is 2.31. The van der Waals surface area contributed by atoms with Gasteiger partial charge in [-0.3, -0.25) is 15.1 Å². The minimum Gasteiger partial charge on any atom is -0.383 e. The quantitative estimate of drug-likeness (QED) is 0.674. The number of non-ortho nitro benzene ring substituents is 1. The van der Waals surface area contributed by atoms with E-state index in [2.05, 4.69) is 16.6 Å². The van der Waals surface area contributed by atoms with E-state index in [0.717, 1.165) is 17.6 Å². The average molecular weight is 289 g/mol. The Morgan fingerprint density at radius 1 is 1.40 bits per heavy atom. The van der Waals surface area contributed by atoms with E-state index in [1.165, 1.54) is 12.8 Å². The van der Waals surface area contributed by atoms with Crippen LogP contribution in [0.4, 0.5) is 11.4 Å². The van der Waals surface area contributed by atoms with Crippen LogP contribution in [0.3, 0.4) is 0 Å². The van der Waals surface area contributed by atoms with Crippen LogP contribution in [-0.4, -0.2) is 27.5 Å². The van der Waals surface area contributed by atoms with E-state index in [0.29, 0.717) is 10.1 Å². The molecular weight excluding hydrogens is 274 g/mol. The van der Waals surface area contributed by atoms with Crippen molar-refractivity contribution in [3.63, 3.8) is 0 Å². The molecule has 1 aliphatic rings. The summed E-state index contributed by atoms with van der Waals surface area (Å²) in [6, 6.07) is 5.03. The zero-order chi connectivity index (χ0) is 14.2. The van der Waals surface area contributed by atoms with Crippen molar-refractivity contribution in [1.82, 2.24) is 4.98 Å². The van der Waals surface area contributed by atoms with Crippen molar-refractivity contribution in [1.29, 1.82) is 0 Å². The van der Waals surface area contributed by atoms with Crippen LogP contribution in [0.1, 0.15) is 12.8 Å². The third-order valence-electron chi connectivity index (χ3n) is 3.83. The number of pyridine rings is 1. The largest absolute Gasteiger partial charge is 0.383 e. The second-order valence-electron chi connectivity index (χ2n) is 5.05. The number of nitro benzene ring substituents is 1. The van der Waals surface area contributed by atoms with Gasteiger partial charge in [-0.1, -0.05) is 0 Å². The Balaban J connectivity index is 1.96. The summed E-state index contributed by atoms with van der Waals surface area (Å²) in [6.07, 6.45) is 7.85. The molecule has 1 aromatic heterocycles. The molecule has 1 heterocycles. The van der Waals surface area contributed by atoms with Crippen molar-refractivity contribution in [2.24, 2.45) is 0 Å². The van der Waals surface area contributed by atoms with Crippen LogP contribution in [0.5, 0.6) is 0 Å². The van der Waals surface area contributed by atoms with E-state index in [9.17, 15) is 10.1 Å². The molecule has 5 nitrogen and oxygen atoms in total. The first-order valence-electron chi connectivity index (χ1n) is 6.45. The zero-order valence-electron chi connectivity index (χ0n) is 11.1. The number of nitro groups is 1. The number of fused-ring (bicyclic) bond motifs is 1. The minimum atomic E-state index is -0.351. The molecule has 0 bridgehead atoms. The van der Waals surface area contributed by atoms with Crippen LogP contribution in [0.25, 0.3) is 10.8 Å². The van der Waals surface area contributed by atoms with Crippen LogP contribution >= 0.6 is 11.8 Å². The van der Waals surface area contributed by atoms with Gasteiger partial charge in [-0.05, 0) is 31.2 Å². The summed E-state index contributed by atoms with van der Waals surface area (Å²) in [4.78, 5) is 14.8. The topological polar surface area (TPSA) is 68.1 Å². The fourth-order valence-corrected chi connectivity index (χ4v) is 3.06. The van der Waals surface area contributed by atoms with Gasteiger partial charge in [0.2, 0.25) is 0 Å². The monoisotopic (exact) mass is 289 g/mol. The van der Waals surface area contributed by atoms with Gasteiger partial charge >= 0.3 is 0 Å². The maximum atomic E-state index is 11.1. The molecule has 0 unspecified atom stereocenters. The highest BCUT2D eigenvalue weighted by Gasteiger charge is 2.41. The Bertz CT molecular complexity index is 671. The van der Waals surface area contributed by atoms with Crippen molar-refractivity contribution < 1.29 is 4.92 Å². The Kier molecular flexibility index (Phi) is 3.25. The lowest BCUT2D eigenvalue weighted by molar-refractivity contribution is -0.383. The second kappa shape index (κ2) is 4.94. The van der Waals surface area contributed by atoms with Gasteiger partial charge in [0.1, 0.15) is 0 Å². The van der Waals surface area contributed by atoms with E-state index in [4.69, 9.17) is 0 Å². The molecule has 0 radical (unpaired) electrons. The van der Waals surface area contributed by atoms with Crippen LogP contribution in [0, 0.1) is 10.1 Å². The van der Waals surface area contributed by atoms with Gasteiger partial charge in [-0.25, -0.2) is 0 Å². The first-order valence-corrected chi connectivity index (χ1v) is 7.68. The van der Waals surface area contributed by atoms with E-state index in [1.54, 1.807) is 30.6 Å². The molecule has 3 rings (SSSR count). The number of nitrogens with zero attached hydrogens (tertiary/aromatic N) is 2. The molecule has 1 aliphatic carbocycles. The number of anilines is 1. The van der Waals surface area contributed by atoms with Crippen LogP contribution < -0.4 is 5.32 Å². The summed E-state index contributed by atoms with van der Waals surface area (Å²) in [5.41, 5.74) is 1.04. The van der Waals surface area contributed by atoms with Gasteiger partial charge in [-0.15, -0.1) is 0 Å². The molecule has 0 saturated heterocycles. The molecule has 20 heavy (non-hydrogen) atoms. The molecule has 0 atom stereocenters. The van der Waals surface area contributed by atoms with E-state index < -0.39 is 0 Å². The summed E-state index contributed by atoms with van der Waals surface area (Å²) in [5, 5.41) is 15.9. The minimum absolute atomic E-state index is 0.124. The van der Waals surface area contributed by atoms with Crippen molar-refractivity contribution in [3.05, 3.63) is 40.7 Å². The lowest BCUT2D eigenvalue weighted by Crippen LogP contribution is -2.17. The third-order valence-corrected chi connectivity index (χ3v) is 5.25. The summed E-state index contributed by atoms with van der Waals surface area (Å²) in [5.74, 6) is 0. The second-order valence-corrected chi connectivity index (χ2v) is 6.33. The smallest absolute Gasteiger partial charge is 0.277 e. The number of hydrogen-bond acceptors (Lipinski definition) is 5. The number of aromatic nitrogens is 1. The normalized spacial score (nSPS) is 16.1. The summed E-state index contributed by atoms with van der Waals surface area (Å²) >= 11 is 1.88. The fraction of sp³-hybridized carbons (Fsp3) is 0.357. The summed E-state index contributed by atoms with van der Waals surface area (Å²) in [6.45, 7) is 0.885. The highest BCUT2D eigenvalue weighted by Crippen LogP contribution is 2.47. The number of thioether (sulfide) groups is 1. The molecule has 1 N–H and O–H groups in total. The molecule has 0 aliphatic heterocycles. The molecule has 1 fully saturated rings. The van der Waals surface area contributed by atoms with E-state index in [1.807, 2.05) is 11.8 Å². The van der Waals surface area contributed by atoms with Crippen LogP contribution in [0.15, 0.2) is 30.6 Å². The maximum absolute atomic E-state index is 11.1. The number of hydrogen-bond donors (Lipinski definition) is 1. The van der Waals surface area contributed by atoms with Gasteiger partial charge in [0.25, 0.3) is 5.69 Å². The molecule has 104 valence electrons. The Morgan fingerprint density at radius 3 is 2.85 bits per heavy atom. The average Bonchev–Trinajstić information content (AvgIpc) is 3.25. The zero-order valence-corrected chi connectivity index (χ0v) is 11.9. The van der Waals surface area contributed by atoms with Crippen LogP contribution in [-0.2, 0) is 0 Å². The van der Waals surface area contributed by atoms with Crippen molar-refractivity contribution in [3.8, 4) is 0 Å². The predicted octanol–water partition coefficient (Wildman–Crippen LogP) is 3.45. The Labute approximate surface area is 120 Å². The molecule has 6 heteroatoms. The van der Waals surface area contributed by atoms with Gasteiger partial charge in [0.05, 0.1) is 10.3 Å². The lowest BCUT2D eigenvalue weighted by atomic mass is 10.1. The molecular formula is C14H15N3O2S. The molecule has 2 aromatic rings. The van der Waals surface area contributed by atoms with Crippen molar-refractivity contribution >= 4 is 33.9 Å². The molecule has 1 aromatic carbocycles.